The second-order valence-corrected chi connectivity index (χ2v) is 11.3. The summed E-state index contributed by atoms with van der Waals surface area (Å²) in [6.45, 7) is 5.39. The summed E-state index contributed by atoms with van der Waals surface area (Å²) < 4.78 is 5.58. The second-order valence-electron chi connectivity index (χ2n) is 10.8. The van der Waals surface area contributed by atoms with Crippen LogP contribution in [0, 0.1) is 0 Å². The normalized spacial score (nSPS) is 13.0. The van der Waals surface area contributed by atoms with E-state index in [0.717, 1.165) is 32.7 Å². The minimum Gasteiger partial charge on any atom is -0.444 e. The molecule has 4 aromatic rings. The van der Waals surface area contributed by atoms with Crippen molar-refractivity contribution in [3.8, 4) is 0 Å². The molecule has 0 aromatic heterocycles. The van der Waals surface area contributed by atoms with Crippen LogP contribution in [0.4, 0.5) is 4.79 Å². The Kier molecular flexibility index (Phi) is 8.51. The number of fused-ring (bicyclic) bond motifs is 2. The van der Waals surface area contributed by atoms with Gasteiger partial charge in [-0.1, -0.05) is 97.1 Å². The molecule has 202 valence electrons. The van der Waals surface area contributed by atoms with Gasteiger partial charge in [-0.05, 0) is 59.9 Å². The summed E-state index contributed by atoms with van der Waals surface area (Å²) in [7, 11) is 1.58. The Morgan fingerprint density at radius 2 is 1.33 bits per heavy atom. The minimum absolute atomic E-state index is 0.181. The lowest BCUT2D eigenvalue weighted by atomic mass is 9.99. The topological polar surface area (TPSA) is 84.7 Å². The molecule has 2 unspecified atom stereocenters. The summed E-state index contributed by atoms with van der Waals surface area (Å²) in [5.74, 6) is -0.352. The highest BCUT2D eigenvalue weighted by atomic mass is 32.1. The second kappa shape index (κ2) is 11.8. The molecule has 39 heavy (non-hydrogen) atoms. The molecule has 4 rings (SSSR count). The van der Waals surface area contributed by atoms with E-state index < -0.39 is 23.8 Å². The van der Waals surface area contributed by atoms with Gasteiger partial charge in [0.2, 0.25) is 5.91 Å². The molecular formula is C32H35N3O3S. The van der Waals surface area contributed by atoms with Crippen LogP contribution in [0.25, 0.3) is 21.5 Å². The number of nitrogens with two attached hydrogens (primary N) is 1. The van der Waals surface area contributed by atoms with E-state index in [4.69, 9.17) is 22.7 Å². The average Bonchev–Trinajstić information content (AvgIpc) is 2.89. The van der Waals surface area contributed by atoms with Crippen molar-refractivity contribution >= 4 is 50.8 Å². The van der Waals surface area contributed by atoms with Crippen LogP contribution in [0.2, 0.25) is 0 Å². The third kappa shape index (κ3) is 7.33. The fraction of sp³-hybridized carbons (Fsp3) is 0.281. The number of likely N-dealkylation sites (N-methyl/N-ethyl adjacent to an activating group) is 1. The SMILES string of the molecule is CN(C(=O)OC(C)(C)C)C(Cc1ccc2ccccc2c1)C(=O)NC(Cc1ccc2ccccc2c1)C(N)=S. The highest BCUT2D eigenvalue weighted by molar-refractivity contribution is 7.80. The van der Waals surface area contributed by atoms with Crippen molar-refractivity contribution < 1.29 is 14.3 Å². The number of hydrogen-bond acceptors (Lipinski definition) is 4. The van der Waals surface area contributed by atoms with Crippen LogP contribution in [-0.2, 0) is 22.4 Å². The van der Waals surface area contributed by atoms with Crippen LogP contribution in [0.1, 0.15) is 31.9 Å². The number of rotatable bonds is 8. The zero-order valence-corrected chi connectivity index (χ0v) is 23.6. The summed E-state index contributed by atoms with van der Waals surface area (Å²) in [6, 6.07) is 26.9. The van der Waals surface area contributed by atoms with E-state index in [2.05, 4.69) is 17.4 Å². The third-order valence-corrected chi connectivity index (χ3v) is 6.89. The maximum absolute atomic E-state index is 13.8. The molecule has 2 atom stereocenters. The van der Waals surface area contributed by atoms with Crippen molar-refractivity contribution in [2.75, 3.05) is 7.05 Å². The maximum atomic E-state index is 13.8. The van der Waals surface area contributed by atoms with Gasteiger partial charge in [0, 0.05) is 13.5 Å². The summed E-state index contributed by atoms with van der Waals surface area (Å²) >= 11 is 5.35. The van der Waals surface area contributed by atoms with Crippen LogP contribution in [0.15, 0.2) is 84.9 Å². The van der Waals surface area contributed by atoms with Gasteiger partial charge in [0.15, 0.2) is 0 Å². The number of carbonyl (C=O) groups excluding carboxylic acids is 2. The van der Waals surface area contributed by atoms with E-state index >= 15 is 0 Å². The number of hydrogen-bond donors (Lipinski definition) is 2. The molecule has 0 bridgehead atoms. The van der Waals surface area contributed by atoms with Crippen molar-refractivity contribution in [1.82, 2.24) is 10.2 Å². The molecule has 2 amide bonds. The Bertz CT molecular complexity index is 1510. The van der Waals surface area contributed by atoms with Crippen LogP contribution in [-0.4, -0.2) is 46.6 Å². The number of thiocarbonyl (C=S) groups is 1. The number of nitrogens with one attached hydrogen (secondary N) is 1. The highest BCUT2D eigenvalue weighted by Gasteiger charge is 2.32. The van der Waals surface area contributed by atoms with Gasteiger partial charge in [-0.3, -0.25) is 9.69 Å². The predicted octanol–water partition coefficient (Wildman–Crippen LogP) is 5.78. The highest BCUT2D eigenvalue weighted by Crippen LogP contribution is 2.20. The van der Waals surface area contributed by atoms with Gasteiger partial charge in [0.25, 0.3) is 0 Å². The van der Waals surface area contributed by atoms with Gasteiger partial charge in [0.05, 0.1) is 11.0 Å². The molecule has 0 spiro atoms. The lowest BCUT2D eigenvalue weighted by Gasteiger charge is -2.31. The van der Waals surface area contributed by atoms with E-state index in [9.17, 15) is 9.59 Å². The van der Waals surface area contributed by atoms with Crippen LogP contribution < -0.4 is 11.1 Å². The molecule has 3 N–H and O–H groups in total. The Balaban J connectivity index is 1.59. The largest absolute Gasteiger partial charge is 0.444 e. The molecule has 0 radical (unpaired) electrons. The quantitative estimate of drug-likeness (QED) is 0.276. The predicted molar refractivity (Wildman–Crippen MR) is 162 cm³/mol. The number of amides is 2. The van der Waals surface area contributed by atoms with Crippen molar-refractivity contribution in [3.63, 3.8) is 0 Å². The molecule has 0 heterocycles. The Morgan fingerprint density at radius 1 is 0.846 bits per heavy atom. The fourth-order valence-electron chi connectivity index (χ4n) is 4.55. The summed E-state index contributed by atoms with van der Waals surface area (Å²) in [5, 5.41) is 7.41. The zero-order valence-electron chi connectivity index (χ0n) is 22.8. The molecule has 0 saturated carbocycles. The molecule has 7 heteroatoms. The Labute approximate surface area is 235 Å². The van der Waals surface area contributed by atoms with Crippen LogP contribution >= 0.6 is 12.2 Å². The van der Waals surface area contributed by atoms with E-state index in [0.29, 0.717) is 12.8 Å². The first-order chi connectivity index (χ1) is 18.5. The first-order valence-corrected chi connectivity index (χ1v) is 13.4. The lowest BCUT2D eigenvalue weighted by molar-refractivity contribution is -0.126. The van der Waals surface area contributed by atoms with Gasteiger partial charge >= 0.3 is 6.09 Å². The zero-order chi connectivity index (χ0) is 28.2. The number of benzene rings is 4. The number of nitrogens with zero attached hydrogens (tertiary/aromatic N) is 1. The number of carbonyl (C=O) groups is 2. The molecule has 6 nitrogen and oxygen atoms in total. The van der Waals surface area contributed by atoms with Crippen LogP contribution in [0.3, 0.4) is 0 Å². The van der Waals surface area contributed by atoms with E-state index in [1.165, 1.54) is 4.90 Å². The van der Waals surface area contributed by atoms with Gasteiger partial charge < -0.3 is 15.8 Å². The van der Waals surface area contributed by atoms with Crippen molar-refractivity contribution in [1.29, 1.82) is 0 Å². The lowest BCUT2D eigenvalue weighted by Crippen LogP contribution is -2.55. The first kappa shape index (κ1) is 28.0. The van der Waals surface area contributed by atoms with E-state index in [-0.39, 0.29) is 10.9 Å². The molecule has 4 aromatic carbocycles. The van der Waals surface area contributed by atoms with Gasteiger partial charge in [-0.2, -0.15) is 0 Å². The summed E-state index contributed by atoms with van der Waals surface area (Å²) in [6.07, 6.45) is 0.154. The van der Waals surface area contributed by atoms with E-state index in [1.807, 2.05) is 72.8 Å². The molecule has 0 saturated heterocycles. The van der Waals surface area contributed by atoms with Crippen molar-refractivity contribution in [3.05, 3.63) is 96.1 Å². The molecule has 0 aliphatic rings. The third-order valence-electron chi connectivity index (χ3n) is 6.61. The molecular weight excluding hydrogens is 506 g/mol. The average molecular weight is 542 g/mol. The van der Waals surface area contributed by atoms with Crippen LogP contribution in [0.5, 0.6) is 0 Å². The molecule has 0 fully saturated rings. The smallest absolute Gasteiger partial charge is 0.410 e. The Morgan fingerprint density at radius 3 is 1.82 bits per heavy atom. The van der Waals surface area contributed by atoms with Crippen molar-refractivity contribution in [2.24, 2.45) is 5.73 Å². The van der Waals surface area contributed by atoms with Gasteiger partial charge in [0.1, 0.15) is 11.6 Å². The van der Waals surface area contributed by atoms with E-state index in [1.54, 1.807) is 27.8 Å². The maximum Gasteiger partial charge on any atom is 0.410 e. The standard InChI is InChI=1S/C32H35N3O3S/c1-32(2,3)38-31(37)35(4)28(20-22-14-16-24-10-6-8-12-26(24)18-22)30(36)34-27(29(33)39)19-21-13-15-23-9-5-7-11-25(23)17-21/h5-18,27-28H,19-20H2,1-4H3,(H2,33,39)(H,34,36). The number of ether oxygens (including phenoxy) is 1. The fourth-order valence-corrected chi connectivity index (χ4v) is 4.69. The van der Waals surface area contributed by atoms with Gasteiger partial charge in [-0.15, -0.1) is 0 Å². The Hall–Kier alpha value is -3.97. The van der Waals surface area contributed by atoms with Gasteiger partial charge in [-0.25, -0.2) is 4.79 Å². The first-order valence-electron chi connectivity index (χ1n) is 13.0. The minimum atomic E-state index is -0.838. The van der Waals surface area contributed by atoms with Crippen molar-refractivity contribution in [2.45, 2.75) is 51.3 Å². The monoisotopic (exact) mass is 541 g/mol. The molecule has 0 aliphatic carbocycles. The summed E-state index contributed by atoms with van der Waals surface area (Å²) in [5.41, 5.74) is 7.31. The molecule has 0 aliphatic heterocycles. The summed E-state index contributed by atoms with van der Waals surface area (Å²) in [4.78, 5) is 28.3.